The molecule has 0 unspecified atom stereocenters. The van der Waals surface area contributed by atoms with Crippen LogP contribution in [0.3, 0.4) is 0 Å². The molecule has 1 amide bonds. The van der Waals surface area contributed by atoms with Crippen molar-refractivity contribution in [2.24, 2.45) is 5.92 Å². The Hall–Kier alpha value is -1.72. The largest absolute Gasteiger partial charge is 0.352 e. The highest BCUT2D eigenvalue weighted by Crippen LogP contribution is 2.29. The number of aromatic nitrogens is 2. The molecule has 1 aromatic rings. The molecule has 0 atom stereocenters. The van der Waals surface area contributed by atoms with Gasteiger partial charge in [0, 0.05) is 32.1 Å². The smallest absolute Gasteiger partial charge is 0.225 e. The second-order valence-corrected chi connectivity index (χ2v) is 6.11. The number of anilines is 1. The van der Waals surface area contributed by atoms with Crippen molar-refractivity contribution in [3.63, 3.8) is 0 Å². The summed E-state index contributed by atoms with van der Waals surface area (Å²) in [6.45, 7) is 4.66. The Bertz CT molecular complexity index is 547. The van der Waals surface area contributed by atoms with Crippen molar-refractivity contribution >= 4 is 11.7 Å². The fraction of sp³-hybridized carbons (Fsp3) is 0.688. The lowest BCUT2D eigenvalue weighted by Gasteiger charge is -2.31. The third kappa shape index (κ3) is 2.91. The molecule has 120 valence electrons. The quantitative estimate of drug-likeness (QED) is 0.857. The van der Waals surface area contributed by atoms with Crippen molar-refractivity contribution in [1.29, 1.82) is 0 Å². The van der Waals surface area contributed by atoms with Gasteiger partial charge < -0.3 is 9.80 Å². The van der Waals surface area contributed by atoms with Gasteiger partial charge in [-0.15, -0.1) is 0 Å². The average Bonchev–Trinajstić information content (AvgIpc) is 2.71. The normalized spacial score (nSPS) is 19.7. The van der Waals surface area contributed by atoms with Crippen LogP contribution in [0.15, 0.2) is 6.33 Å². The topological polar surface area (TPSA) is 49.3 Å². The van der Waals surface area contributed by atoms with Gasteiger partial charge in [-0.25, -0.2) is 14.4 Å². The molecule has 0 aromatic carbocycles. The maximum Gasteiger partial charge on any atom is 0.225 e. The van der Waals surface area contributed by atoms with E-state index in [1.165, 1.54) is 12.7 Å². The van der Waals surface area contributed by atoms with Crippen LogP contribution in [0.25, 0.3) is 0 Å². The highest BCUT2D eigenvalue weighted by molar-refractivity contribution is 5.79. The number of hydrogen-bond donors (Lipinski definition) is 0. The first-order chi connectivity index (χ1) is 10.7. The van der Waals surface area contributed by atoms with E-state index in [0.717, 1.165) is 32.4 Å². The number of carbonyl (C=O) groups is 1. The molecule has 1 aromatic heterocycles. The predicted molar refractivity (Wildman–Crippen MR) is 82.1 cm³/mol. The van der Waals surface area contributed by atoms with Crippen molar-refractivity contribution in [1.82, 2.24) is 14.9 Å². The van der Waals surface area contributed by atoms with E-state index in [1.54, 1.807) is 0 Å². The predicted octanol–water partition coefficient (Wildman–Crippen LogP) is 2.02. The third-order valence-corrected chi connectivity index (χ3v) is 4.74. The van der Waals surface area contributed by atoms with E-state index >= 15 is 0 Å². The first-order valence-corrected chi connectivity index (χ1v) is 8.23. The number of aryl methyl sites for hydroxylation is 1. The molecule has 5 nitrogen and oxygen atoms in total. The van der Waals surface area contributed by atoms with E-state index in [9.17, 15) is 9.18 Å². The molecular weight excluding hydrogens is 283 g/mol. The Morgan fingerprint density at radius 1 is 1.23 bits per heavy atom. The van der Waals surface area contributed by atoms with E-state index in [4.69, 9.17) is 0 Å². The molecule has 22 heavy (non-hydrogen) atoms. The molecule has 1 saturated carbocycles. The zero-order valence-electron chi connectivity index (χ0n) is 13.1. The van der Waals surface area contributed by atoms with Crippen molar-refractivity contribution < 1.29 is 9.18 Å². The molecule has 3 rings (SSSR count). The summed E-state index contributed by atoms with van der Waals surface area (Å²) in [7, 11) is 0. The van der Waals surface area contributed by atoms with Gasteiger partial charge in [-0.2, -0.15) is 0 Å². The Labute approximate surface area is 130 Å². The van der Waals surface area contributed by atoms with Crippen LogP contribution in [-0.4, -0.2) is 47.0 Å². The maximum absolute atomic E-state index is 14.4. The summed E-state index contributed by atoms with van der Waals surface area (Å²) in [5.74, 6) is 0.577. The van der Waals surface area contributed by atoms with E-state index in [-0.39, 0.29) is 17.6 Å². The van der Waals surface area contributed by atoms with Crippen LogP contribution < -0.4 is 4.90 Å². The van der Waals surface area contributed by atoms with Crippen molar-refractivity contribution in [3.8, 4) is 0 Å². The van der Waals surface area contributed by atoms with Crippen LogP contribution in [0.1, 0.15) is 38.3 Å². The summed E-state index contributed by atoms with van der Waals surface area (Å²) in [6, 6.07) is 0. The fourth-order valence-corrected chi connectivity index (χ4v) is 3.13. The second kappa shape index (κ2) is 6.58. The summed E-state index contributed by atoms with van der Waals surface area (Å²) in [5, 5.41) is 0. The van der Waals surface area contributed by atoms with Gasteiger partial charge in [0.25, 0.3) is 0 Å². The zero-order chi connectivity index (χ0) is 15.5. The summed E-state index contributed by atoms with van der Waals surface area (Å²) in [6.07, 6.45) is 6.06. The van der Waals surface area contributed by atoms with Crippen LogP contribution in [0.4, 0.5) is 10.2 Å². The minimum absolute atomic E-state index is 0.231. The lowest BCUT2D eigenvalue weighted by molar-refractivity contribution is -0.137. The molecule has 1 saturated heterocycles. The minimum Gasteiger partial charge on any atom is -0.352 e. The van der Waals surface area contributed by atoms with E-state index in [2.05, 4.69) is 9.97 Å². The molecule has 6 heteroatoms. The van der Waals surface area contributed by atoms with Gasteiger partial charge in [0.05, 0.1) is 5.69 Å². The van der Waals surface area contributed by atoms with Gasteiger partial charge in [-0.3, -0.25) is 4.79 Å². The van der Waals surface area contributed by atoms with Crippen molar-refractivity contribution in [2.45, 2.75) is 39.0 Å². The molecule has 2 aliphatic rings. The minimum atomic E-state index is -0.316. The van der Waals surface area contributed by atoms with Gasteiger partial charge in [0.2, 0.25) is 5.91 Å². The molecule has 0 radical (unpaired) electrons. The van der Waals surface area contributed by atoms with Crippen LogP contribution >= 0.6 is 0 Å². The summed E-state index contributed by atoms with van der Waals surface area (Å²) in [5.41, 5.74) is 0.455. The highest BCUT2D eigenvalue weighted by Gasteiger charge is 2.30. The molecule has 2 heterocycles. The first-order valence-electron chi connectivity index (χ1n) is 8.23. The number of nitrogens with zero attached hydrogens (tertiary/aromatic N) is 4. The van der Waals surface area contributed by atoms with Crippen molar-refractivity contribution in [3.05, 3.63) is 17.8 Å². The monoisotopic (exact) mass is 306 g/mol. The Kier molecular flexibility index (Phi) is 4.55. The third-order valence-electron chi connectivity index (χ3n) is 4.74. The zero-order valence-corrected chi connectivity index (χ0v) is 13.1. The average molecular weight is 306 g/mol. The summed E-state index contributed by atoms with van der Waals surface area (Å²) in [4.78, 5) is 24.4. The van der Waals surface area contributed by atoms with Gasteiger partial charge in [0.1, 0.15) is 6.33 Å². The summed E-state index contributed by atoms with van der Waals surface area (Å²) < 4.78 is 14.4. The molecule has 0 bridgehead atoms. The SMILES string of the molecule is CCc1ncnc(N2CCCN(C(=O)C3CCC3)CC2)c1F. The fourth-order valence-electron chi connectivity index (χ4n) is 3.13. The van der Waals surface area contributed by atoms with Gasteiger partial charge in [-0.05, 0) is 25.7 Å². The summed E-state index contributed by atoms with van der Waals surface area (Å²) >= 11 is 0. The Morgan fingerprint density at radius 3 is 2.73 bits per heavy atom. The van der Waals surface area contributed by atoms with Crippen LogP contribution in [0, 0.1) is 11.7 Å². The van der Waals surface area contributed by atoms with Crippen LogP contribution in [0.5, 0.6) is 0 Å². The Morgan fingerprint density at radius 2 is 2.05 bits per heavy atom. The van der Waals surface area contributed by atoms with Gasteiger partial charge in [-0.1, -0.05) is 13.3 Å². The standard InChI is InChI=1S/C16H23FN4O/c1-2-13-14(17)15(19-11-18-13)20-7-4-8-21(10-9-20)16(22)12-5-3-6-12/h11-12H,2-10H2,1H3. The number of carbonyl (C=O) groups excluding carboxylic acids is 1. The molecule has 0 spiro atoms. The molecule has 0 N–H and O–H groups in total. The van der Waals surface area contributed by atoms with E-state index in [0.29, 0.717) is 31.0 Å². The Balaban J connectivity index is 1.68. The number of halogens is 1. The van der Waals surface area contributed by atoms with Gasteiger partial charge >= 0.3 is 0 Å². The number of rotatable bonds is 3. The molecule has 1 aliphatic heterocycles. The lowest BCUT2D eigenvalue weighted by atomic mass is 9.84. The van der Waals surface area contributed by atoms with Crippen LogP contribution in [-0.2, 0) is 11.2 Å². The van der Waals surface area contributed by atoms with E-state index in [1.807, 2.05) is 16.7 Å². The lowest BCUT2D eigenvalue weighted by Crippen LogP contribution is -2.41. The first kappa shape index (κ1) is 15.2. The number of hydrogen-bond acceptors (Lipinski definition) is 4. The van der Waals surface area contributed by atoms with Crippen LogP contribution in [0.2, 0.25) is 0 Å². The second-order valence-electron chi connectivity index (χ2n) is 6.11. The highest BCUT2D eigenvalue weighted by atomic mass is 19.1. The van der Waals surface area contributed by atoms with E-state index < -0.39 is 0 Å². The van der Waals surface area contributed by atoms with Gasteiger partial charge in [0.15, 0.2) is 11.6 Å². The maximum atomic E-state index is 14.4. The molecule has 2 fully saturated rings. The number of amides is 1. The molecular formula is C16H23FN4O. The van der Waals surface area contributed by atoms with Crippen molar-refractivity contribution in [2.75, 3.05) is 31.1 Å². The molecule has 1 aliphatic carbocycles.